The first kappa shape index (κ1) is 12.8. The highest BCUT2D eigenvalue weighted by Crippen LogP contribution is 2.33. The van der Waals surface area contributed by atoms with E-state index in [0.29, 0.717) is 18.3 Å². The number of esters is 1. The molecule has 1 fully saturated rings. The van der Waals surface area contributed by atoms with Crippen LogP contribution < -0.4 is 5.43 Å². The monoisotopic (exact) mass is 232 g/mol. The molecule has 0 radical (unpaired) electrons. The Morgan fingerprint density at radius 3 is 2.93 bits per heavy atom. The molecular formula is C10H20N2O2S. The van der Waals surface area contributed by atoms with Crippen LogP contribution in [-0.2, 0) is 9.53 Å². The maximum Gasteiger partial charge on any atom is 0.308 e. The molecule has 0 spiro atoms. The van der Waals surface area contributed by atoms with Crippen LogP contribution in [0.2, 0.25) is 0 Å². The van der Waals surface area contributed by atoms with Gasteiger partial charge in [-0.05, 0) is 13.8 Å². The molecule has 1 rings (SSSR count). The molecule has 5 heteroatoms. The van der Waals surface area contributed by atoms with Crippen molar-refractivity contribution in [2.24, 2.45) is 0 Å². The van der Waals surface area contributed by atoms with Crippen LogP contribution in [0.15, 0.2) is 0 Å². The first-order valence-electron chi connectivity index (χ1n) is 5.27. The molecule has 4 nitrogen and oxygen atoms in total. The van der Waals surface area contributed by atoms with E-state index in [-0.39, 0.29) is 10.8 Å². The summed E-state index contributed by atoms with van der Waals surface area (Å²) in [6.45, 7) is 7.48. The van der Waals surface area contributed by atoms with Gasteiger partial charge >= 0.3 is 5.97 Å². The quantitative estimate of drug-likeness (QED) is 0.741. The van der Waals surface area contributed by atoms with Gasteiger partial charge in [0, 0.05) is 18.8 Å². The summed E-state index contributed by atoms with van der Waals surface area (Å²) in [4.78, 5) is 11.2. The van der Waals surface area contributed by atoms with Gasteiger partial charge in [-0.2, -0.15) is 0 Å². The van der Waals surface area contributed by atoms with E-state index in [9.17, 15) is 4.79 Å². The third kappa shape index (κ3) is 4.01. The van der Waals surface area contributed by atoms with E-state index in [2.05, 4.69) is 12.3 Å². The Balaban J connectivity index is 2.53. The Morgan fingerprint density at radius 2 is 2.40 bits per heavy atom. The van der Waals surface area contributed by atoms with Crippen molar-refractivity contribution in [3.8, 4) is 0 Å². The second-order valence-corrected chi connectivity index (χ2v) is 6.07. The smallest absolute Gasteiger partial charge is 0.308 e. The summed E-state index contributed by atoms with van der Waals surface area (Å²) in [6, 6.07) is 0. The fourth-order valence-electron chi connectivity index (χ4n) is 1.91. The molecule has 0 aliphatic carbocycles. The molecule has 2 atom stereocenters. The predicted octanol–water partition coefficient (Wildman–Crippen LogP) is 1.23. The van der Waals surface area contributed by atoms with Crippen LogP contribution in [0.25, 0.3) is 0 Å². The van der Waals surface area contributed by atoms with Gasteiger partial charge in [0.2, 0.25) is 0 Å². The van der Waals surface area contributed by atoms with Crippen molar-refractivity contribution < 1.29 is 9.53 Å². The highest BCUT2D eigenvalue weighted by atomic mass is 32.2. The minimum Gasteiger partial charge on any atom is -0.466 e. The van der Waals surface area contributed by atoms with Crippen LogP contribution in [-0.4, -0.2) is 41.3 Å². The summed E-state index contributed by atoms with van der Waals surface area (Å²) >= 11 is 1.79. The van der Waals surface area contributed by atoms with Gasteiger partial charge in [-0.3, -0.25) is 4.79 Å². The Hall–Kier alpha value is -0.260. The van der Waals surface area contributed by atoms with Crippen molar-refractivity contribution in [2.75, 3.05) is 20.2 Å². The lowest BCUT2D eigenvalue weighted by Gasteiger charge is -2.42. The second-order valence-electron chi connectivity index (χ2n) is 4.13. The Kier molecular flexibility index (Phi) is 4.43. The zero-order valence-corrected chi connectivity index (χ0v) is 10.7. The lowest BCUT2D eigenvalue weighted by molar-refractivity contribution is -0.144. The second kappa shape index (κ2) is 5.18. The molecule has 1 saturated heterocycles. The lowest BCUT2D eigenvalue weighted by atomic mass is 10.2. The molecule has 1 aliphatic rings. The van der Waals surface area contributed by atoms with Gasteiger partial charge in [0.1, 0.15) is 0 Å². The van der Waals surface area contributed by atoms with E-state index in [1.165, 1.54) is 0 Å². The molecular weight excluding hydrogens is 212 g/mol. The van der Waals surface area contributed by atoms with Gasteiger partial charge in [-0.25, -0.2) is 10.4 Å². The number of carbonyl (C=O) groups is 1. The number of hydrogen-bond donors (Lipinski definition) is 1. The number of ether oxygens (including phenoxy) is 1. The van der Waals surface area contributed by atoms with Gasteiger partial charge in [-0.15, -0.1) is 11.8 Å². The first-order chi connectivity index (χ1) is 6.95. The molecule has 0 aromatic heterocycles. The molecule has 0 bridgehead atoms. The van der Waals surface area contributed by atoms with E-state index >= 15 is 0 Å². The number of rotatable bonds is 3. The van der Waals surface area contributed by atoms with Gasteiger partial charge in [0.25, 0.3) is 0 Å². The molecule has 88 valence electrons. The Bertz CT molecular complexity index is 225. The first-order valence-corrected chi connectivity index (χ1v) is 6.15. The minimum atomic E-state index is -0.237. The number of hydrazine groups is 1. The number of thioether (sulfide) groups is 1. The van der Waals surface area contributed by atoms with E-state index in [0.717, 1.165) is 6.54 Å². The number of nitrogens with one attached hydrogen (secondary N) is 1. The topological polar surface area (TPSA) is 41.6 Å². The molecule has 0 aromatic rings. The Morgan fingerprint density at radius 1 is 1.73 bits per heavy atom. The third-order valence-electron chi connectivity index (χ3n) is 2.21. The maximum absolute atomic E-state index is 11.4. The summed E-state index contributed by atoms with van der Waals surface area (Å²) < 4.78 is 4.97. The van der Waals surface area contributed by atoms with Crippen LogP contribution in [0.4, 0.5) is 0 Å². The average Bonchev–Trinajstić information content (AvgIpc) is 1.99. The molecule has 1 N–H and O–H groups in total. The van der Waals surface area contributed by atoms with Crippen molar-refractivity contribution >= 4 is 17.7 Å². The minimum absolute atomic E-state index is 0.137. The fourth-order valence-corrected chi connectivity index (χ4v) is 3.51. The third-order valence-corrected chi connectivity index (χ3v) is 3.51. The van der Waals surface area contributed by atoms with Crippen molar-refractivity contribution in [1.82, 2.24) is 10.4 Å². The standard InChI is InChI=1S/C10H20N2O2S/c1-5-14-9(13)6-10(3)11-12(4)7-8(2)15-10/h8,11H,5-7H2,1-4H3. The predicted molar refractivity (Wildman–Crippen MR) is 62.5 cm³/mol. The van der Waals surface area contributed by atoms with Crippen LogP contribution in [0.5, 0.6) is 0 Å². The van der Waals surface area contributed by atoms with Gasteiger partial charge in [0.15, 0.2) is 0 Å². The van der Waals surface area contributed by atoms with E-state index in [4.69, 9.17) is 4.74 Å². The molecule has 1 heterocycles. The molecule has 2 unspecified atom stereocenters. The maximum atomic E-state index is 11.4. The van der Waals surface area contributed by atoms with E-state index in [1.54, 1.807) is 11.8 Å². The van der Waals surface area contributed by atoms with Gasteiger partial charge < -0.3 is 4.74 Å². The van der Waals surface area contributed by atoms with Crippen LogP contribution in [0.1, 0.15) is 27.2 Å². The van der Waals surface area contributed by atoms with E-state index in [1.807, 2.05) is 25.9 Å². The summed E-state index contributed by atoms with van der Waals surface area (Å²) in [6.07, 6.45) is 0.403. The molecule has 1 aliphatic heterocycles. The summed E-state index contributed by atoms with van der Waals surface area (Å²) in [5.41, 5.74) is 3.31. The molecule has 0 amide bonds. The van der Waals surface area contributed by atoms with Crippen molar-refractivity contribution in [1.29, 1.82) is 0 Å². The van der Waals surface area contributed by atoms with Crippen molar-refractivity contribution in [3.63, 3.8) is 0 Å². The SMILES string of the molecule is CCOC(=O)CC1(C)NN(C)CC(C)S1. The molecule has 0 saturated carbocycles. The highest BCUT2D eigenvalue weighted by Gasteiger charge is 2.35. The number of carbonyl (C=O) groups excluding carboxylic acids is 1. The number of nitrogens with zero attached hydrogens (tertiary/aromatic N) is 1. The van der Waals surface area contributed by atoms with Crippen molar-refractivity contribution in [3.05, 3.63) is 0 Å². The summed E-state index contributed by atoms with van der Waals surface area (Å²) in [5, 5.41) is 2.57. The molecule has 0 aromatic carbocycles. The average molecular weight is 232 g/mol. The van der Waals surface area contributed by atoms with E-state index < -0.39 is 0 Å². The molecule has 15 heavy (non-hydrogen) atoms. The van der Waals surface area contributed by atoms with Crippen LogP contribution in [0, 0.1) is 0 Å². The fraction of sp³-hybridized carbons (Fsp3) is 0.900. The van der Waals surface area contributed by atoms with Crippen LogP contribution >= 0.6 is 11.8 Å². The normalized spacial score (nSPS) is 32.7. The lowest BCUT2D eigenvalue weighted by Crippen LogP contribution is -2.56. The van der Waals surface area contributed by atoms with Gasteiger partial charge in [-0.1, -0.05) is 6.92 Å². The zero-order valence-electron chi connectivity index (χ0n) is 9.87. The van der Waals surface area contributed by atoms with Crippen molar-refractivity contribution in [2.45, 2.75) is 37.3 Å². The summed E-state index contributed by atoms with van der Waals surface area (Å²) in [7, 11) is 2.00. The zero-order chi connectivity index (χ0) is 11.5. The Labute approximate surface area is 95.7 Å². The number of hydrogen-bond acceptors (Lipinski definition) is 5. The van der Waals surface area contributed by atoms with Crippen LogP contribution in [0.3, 0.4) is 0 Å². The highest BCUT2D eigenvalue weighted by molar-refractivity contribution is 8.01. The van der Waals surface area contributed by atoms with Gasteiger partial charge in [0.05, 0.1) is 17.9 Å². The largest absolute Gasteiger partial charge is 0.466 e. The summed E-state index contributed by atoms with van der Waals surface area (Å²) in [5.74, 6) is -0.137.